The van der Waals surface area contributed by atoms with E-state index in [0.29, 0.717) is 13.0 Å². The number of hydrogen-bond donors (Lipinski definition) is 2. The van der Waals surface area contributed by atoms with Crippen LogP contribution < -0.4 is 11.1 Å². The number of amides is 1. The zero-order valence-electron chi connectivity index (χ0n) is 12.3. The molecule has 1 amide bonds. The molecule has 0 saturated carbocycles. The van der Waals surface area contributed by atoms with E-state index in [0.717, 1.165) is 24.9 Å². The van der Waals surface area contributed by atoms with E-state index in [4.69, 9.17) is 10.5 Å². The third kappa shape index (κ3) is 3.02. The topological polar surface area (TPSA) is 64.3 Å². The average Bonchev–Trinajstić information content (AvgIpc) is 2.64. The van der Waals surface area contributed by atoms with E-state index >= 15 is 0 Å². The second-order valence-corrected chi connectivity index (χ2v) is 5.39. The summed E-state index contributed by atoms with van der Waals surface area (Å²) in [5.41, 5.74) is 7.53. The fraction of sp³-hybridized carbons (Fsp3) is 0.562. The van der Waals surface area contributed by atoms with Gasteiger partial charge in [-0.25, -0.2) is 0 Å². The van der Waals surface area contributed by atoms with Gasteiger partial charge >= 0.3 is 0 Å². The molecule has 0 spiro atoms. The largest absolute Gasteiger partial charge is 0.361 e. The Bertz CT molecular complexity index is 461. The smallest absolute Gasteiger partial charge is 0.253 e. The van der Waals surface area contributed by atoms with Gasteiger partial charge in [0.1, 0.15) is 6.10 Å². The van der Waals surface area contributed by atoms with Crippen molar-refractivity contribution in [2.45, 2.75) is 51.2 Å². The lowest BCUT2D eigenvalue weighted by atomic mass is 9.96. The number of nitrogens with one attached hydrogen (secondary N) is 1. The van der Waals surface area contributed by atoms with Crippen molar-refractivity contribution in [2.75, 3.05) is 11.9 Å². The van der Waals surface area contributed by atoms with Crippen LogP contribution in [0.15, 0.2) is 24.3 Å². The van der Waals surface area contributed by atoms with Gasteiger partial charge in [0, 0.05) is 12.2 Å². The molecule has 0 bridgehead atoms. The van der Waals surface area contributed by atoms with Gasteiger partial charge in [-0.15, -0.1) is 0 Å². The van der Waals surface area contributed by atoms with Crippen LogP contribution in [-0.4, -0.2) is 24.2 Å². The van der Waals surface area contributed by atoms with Gasteiger partial charge in [0.15, 0.2) is 0 Å². The summed E-state index contributed by atoms with van der Waals surface area (Å²) in [7, 11) is 0. The molecule has 1 aromatic carbocycles. The number of carbonyl (C=O) groups excluding carboxylic acids is 1. The Kier molecular flexibility index (Phi) is 4.78. The van der Waals surface area contributed by atoms with Crippen molar-refractivity contribution < 1.29 is 9.53 Å². The Morgan fingerprint density at radius 1 is 1.35 bits per heavy atom. The zero-order chi connectivity index (χ0) is 14.6. The van der Waals surface area contributed by atoms with Gasteiger partial charge in [0.25, 0.3) is 5.91 Å². The number of anilines is 1. The third-order valence-corrected chi connectivity index (χ3v) is 4.30. The van der Waals surface area contributed by atoms with Crippen molar-refractivity contribution in [3.8, 4) is 0 Å². The summed E-state index contributed by atoms with van der Waals surface area (Å²) in [6.45, 7) is 4.55. The highest BCUT2D eigenvalue weighted by molar-refractivity contribution is 5.95. The van der Waals surface area contributed by atoms with Crippen LogP contribution in [0.25, 0.3) is 0 Å². The van der Waals surface area contributed by atoms with Crippen molar-refractivity contribution in [1.29, 1.82) is 0 Å². The Morgan fingerprint density at radius 3 is 2.70 bits per heavy atom. The summed E-state index contributed by atoms with van der Waals surface area (Å²) >= 11 is 0. The number of benzene rings is 1. The highest BCUT2D eigenvalue weighted by Crippen LogP contribution is 2.27. The molecule has 1 unspecified atom stereocenters. The first-order chi connectivity index (χ1) is 9.64. The molecule has 0 saturated heterocycles. The van der Waals surface area contributed by atoms with Gasteiger partial charge in [0.2, 0.25) is 0 Å². The van der Waals surface area contributed by atoms with Crippen LogP contribution in [0.2, 0.25) is 0 Å². The molecule has 1 atom stereocenters. The minimum absolute atomic E-state index is 0.0605. The zero-order valence-corrected chi connectivity index (χ0v) is 12.3. The Hall–Kier alpha value is -1.39. The van der Waals surface area contributed by atoms with Crippen LogP contribution in [0.5, 0.6) is 0 Å². The highest BCUT2D eigenvalue weighted by atomic mass is 16.5. The Balaban J connectivity index is 2.14. The predicted octanol–water partition coefficient (Wildman–Crippen LogP) is 2.47. The SMILES string of the molecule is CCC(CC)(CN)OC1CCc2ccccc2NC1=O. The van der Waals surface area contributed by atoms with Crippen molar-refractivity contribution in [2.24, 2.45) is 5.73 Å². The summed E-state index contributed by atoms with van der Waals surface area (Å²) in [5.74, 6) is -0.0605. The maximum atomic E-state index is 12.3. The predicted molar refractivity (Wildman–Crippen MR) is 80.6 cm³/mol. The average molecular weight is 276 g/mol. The molecule has 0 aromatic heterocycles. The molecule has 3 N–H and O–H groups in total. The lowest BCUT2D eigenvalue weighted by molar-refractivity contribution is -0.143. The molecule has 1 heterocycles. The molecule has 1 aromatic rings. The molecule has 2 rings (SSSR count). The first kappa shape index (κ1) is 15.0. The van der Waals surface area contributed by atoms with Crippen LogP contribution in [0.3, 0.4) is 0 Å². The number of hydrogen-bond acceptors (Lipinski definition) is 3. The second-order valence-electron chi connectivity index (χ2n) is 5.39. The Morgan fingerprint density at radius 2 is 2.05 bits per heavy atom. The number of nitrogens with two attached hydrogens (primary N) is 1. The van der Waals surface area contributed by atoms with Gasteiger partial charge in [-0.05, 0) is 37.3 Å². The van der Waals surface area contributed by atoms with Crippen LogP contribution >= 0.6 is 0 Å². The molecular formula is C16H24N2O2. The minimum Gasteiger partial charge on any atom is -0.361 e. The fourth-order valence-electron chi connectivity index (χ4n) is 2.66. The normalized spacial score (nSPS) is 19.1. The summed E-state index contributed by atoms with van der Waals surface area (Å²) in [4.78, 5) is 12.3. The molecule has 4 nitrogen and oxygen atoms in total. The molecule has 1 aliphatic rings. The first-order valence-corrected chi connectivity index (χ1v) is 7.40. The number of carbonyl (C=O) groups is 1. The molecule has 0 aliphatic carbocycles. The monoisotopic (exact) mass is 276 g/mol. The van der Waals surface area contributed by atoms with E-state index in [9.17, 15) is 4.79 Å². The summed E-state index contributed by atoms with van der Waals surface area (Å²) in [6, 6.07) is 7.91. The maximum Gasteiger partial charge on any atom is 0.253 e. The third-order valence-electron chi connectivity index (χ3n) is 4.30. The minimum atomic E-state index is -0.425. The standard InChI is InChI=1S/C16H24N2O2/c1-3-16(4-2,11-17)20-14-10-9-12-7-5-6-8-13(12)18-15(14)19/h5-8,14H,3-4,9-11,17H2,1-2H3,(H,18,19). The van der Waals surface area contributed by atoms with E-state index in [1.54, 1.807) is 0 Å². The summed E-state index contributed by atoms with van der Waals surface area (Å²) in [6.07, 6.45) is 2.75. The van der Waals surface area contributed by atoms with Crippen molar-refractivity contribution in [3.05, 3.63) is 29.8 Å². The van der Waals surface area contributed by atoms with Crippen molar-refractivity contribution >= 4 is 11.6 Å². The van der Waals surface area contributed by atoms with Gasteiger partial charge in [-0.3, -0.25) is 4.79 Å². The van der Waals surface area contributed by atoms with E-state index in [2.05, 4.69) is 19.2 Å². The molecule has 1 aliphatic heterocycles. The van der Waals surface area contributed by atoms with Gasteiger partial charge < -0.3 is 15.8 Å². The lowest BCUT2D eigenvalue weighted by Crippen LogP contribution is -2.45. The van der Waals surface area contributed by atoms with Gasteiger partial charge in [0.05, 0.1) is 5.60 Å². The summed E-state index contributed by atoms with van der Waals surface area (Å²) in [5, 5.41) is 2.96. The quantitative estimate of drug-likeness (QED) is 0.868. The highest BCUT2D eigenvalue weighted by Gasteiger charge is 2.33. The molecule has 110 valence electrons. The maximum absolute atomic E-state index is 12.3. The number of rotatable bonds is 5. The van der Waals surface area contributed by atoms with E-state index in [1.807, 2.05) is 24.3 Å². The van der Waals surface area contributed by atoms with Gasteiger partial charge in [-0.1, -0.05) is 32.0 Å². The second kappa shape index (κ2) is 6.37. The first-order valence-electron chi connectivity index (χ1n) is 7.40. The molecule has 0 radical (unpaired) electrons. The van der Waals surface area contributed by atoms with E-state index in [1.165, 1.54) is 5.56 Å². The van der Waals surface area contributed by atoms with Crippen LogP contribution in [-0.2, 0) is 16.0 Å². The number of ether oxygens (including phenoxy) is 1. The number of fused-ring (bicyclic) bond motifs is 1. The van der Waals surface area contributed by atoms with E-state index < -0.39 is 11.7 Å². The van der Waals surface area contributed by atoms with E-state index in [-0.39, 0.29) is 5.91 Å². The number of aryl methyl sites for hydroxylation is 1. The van der Waals surface area contributed by atoms with Gasteiger partial charge in [-0.2, -0.15) is 0 Å². The van der Waals surface area contributed by atoms with Crippen molar-refractivity contribution in [1.82, 2.24) is 0 Å². The molecule has 0 fully saturated rings. The summed E-state index contributed by atoms with van der Waals surface area (Å²) < 4.78 is 6.11. The number of para-hydroxylation sites is 1. The fourth-order valence-corrected chi connectivity index (χ4v) is 2.66. The lowest BCUT2D eigenvalue weighted by Gasteiger charge is -2.33. The van der Waals surface area contributed by atoms with Crippen LogP contribution in [0.4, 0.5) is 5.69 Å². The van der Waals surface area contributed by atoms with Crippen LogP contribution in [0, 0.1) is 0 Å². The molecule has 20 heavy (non-hydrogen) atoms. The molecular weight excluding hydrogens is 252 g/mol. The van der Waals surface area contributed by atoms with Crippen LogP contribution in [0.1, 0.15) is 38.7 Å². The Labute approximate surface area is 120 Å². The molecule has 4 heteroatoms. The van der Waals surface area contributed by atoms with Crippen molar-refractivity contribution in [3.63, 3.8) is 0 Å².